The number of aryl methyl sites for hydroxylation is 2. The maximum absolute atomic E-state index is 13.4. The number of nitrogens with one attached hydrogen (secondary N) is 1. The average Bonchev–Trinajstić information content (AvgIpc) is 3.41. The minimum atomic E-state index is -0.318. The molecule has 36 heavy (non-hydrogen) atoms. The normalized spacial score (nSPS) is 17.4. The predicted octanol–water partition coefficient (Wildman–Crippen LogP) is 4.67. The summed E-state index contributed by atoms with van der Waals surface area (Å²) in [5.74, 6) is -0.116. The zero-order valence-electron chi connectivity index (χ0n) is 20.6. The van der Waals surface area contributed by atoms with Crippen molar-refractivity contribution in [2.75, 3.05) is 20.6 Å². The zero-order chi connectivity index (χ0) is 23.6. The van der Waals surface area contributed by atoms with Crippen molar-refractivity contribution in [3.8, 4) is 0 Å². The molecule has 0 radical (unpaired) electrons. The van der Waals surface area contributed by atoms with E-state index < -0.39 is 0 Å². The summed E-state index contributed by atoms with van der Waals surface area (Å²) in [6.07, 6.45) is 3.96. The van der Waals surface area contributed by atoms with E-state index in [4.69, 9.17) is 0 Å². The quantitative estimate of drug-likeness (QED) is 0.394. The number of carbonyl (C=O) groups is 2. The molecular formula is C28H30Cl2N4O2. The SMILES string of the molecule is CN(C)C[C@H]1CCn2c(c(C3=C(c4cn(C)c5ccccc45)C(=O)NC3=O)c3ccccc32)C1.Cl.Cl. The fraction of sp³-hybridized carbons (Fsp3) is 0.286. The van der Waals surface area contributed by atoms with Gasteiger partial charge in [0, 0.05) is 65.0 Å². The smallest absolute Gasteiger partial charge is 0.259 e. The third-order valence-corrected chi connectivity index (χ3v) is 7.29. The maximum Gasteiger partial charge on any atom is 0.259 e. The Morgan fingerprint density at radius 3 is 2.28 bits per heavy atom. The molecule has 6 nitrogen and oxygen atoms in total. The number of nitrogens with zero attached hydrogens (tertiary/aromatic N) is 3. The van der Waals surface area contributed by atoms with Gasteiger partial charge in [0.1, 0.15) is 0 Å². The van der Waals surface area contributed by atoms with Crippen molar-refractivity contribution in [3.05, 3.63) is 71.5 Å². The molecule has 2 aliphatic heterocycles. The maximum atomic E-state index is 13.4. The molecule has 1 N–H and O–H groups in total. The van der Waals surface area contributed by atoms with Gasteiger partial charge in [-0.25, -0.2) is 0 Å². The summed E-state index contributed by atoms with van der Waals surface area (Å²) in [7, 11) is 6.19. The highest BCUT2D eigenvalue weighted by molar-refractivity contribution is 6.51. The van der Waals surface area contributed by atoms with Crippen molar-refractivity contribution in [1.29, 1.82) is 0 Å². The van der Waals surface area contributed by atoms with Crippen LogP contribution < -0.4 is 5.32 Å². The van der Waals surface area contributed by atoms with Crippen LogP contribution in [0.2, 0.25) is 0 Å². The van der Waals surface area contributed by atoms with Gasteiger partial charge < -0.3 is 14.0 Å². The lowest BCUT2D eigenvalue weighted by molar-refractivity contribution is -0.122. The molecule has 0 aliphatic carbocycles. The lowest BCUT2D eigenvalue weighted by Crippen LogP contribution is -2.29. The second kappa shape index (κ2) is 9.77. The summed E-state index contributed by atoms with van der Waals surface area (Å²) in [4.78, 5) is 28.9. The van der Waals surface area contributed by atoms with Gasteiger partial charge in [0.05, 0.1) is 11.1 Å². The number of amides is 2. The van der Waals surface area contributed by atoms with E-state index in [0.29, 0.717) is 17.1 Å². The third-order valence-electron chi connectivity index (χ3n) is 7.29. The minimum absolute atomic E-state index is 0. The van der Waals surface area contributed by atoms with Crippen LogP contribution in [-0.2, 0) is 29.6 Å². The van der Waals surface area contributed by atoms with E-state index >= 15 is 0 Å². The first kappa shape index (κ1) is 26.0. The van der Waals surface area contributed by atoms with Gasteiger partial charge in [-0.1, -0.05) is 36.4 Å². The molecular weight excluding hydrogens is 495 g/mol. The number of hydrogen-bond donors (Lipinski definition) is 1. The van der Waals surface area contributed by atoms with Crippen LogP contribution in [0.15, 0.2) is 54.7 Å². The molecule has 4 heterocycles. The van der Waals surface area contributed by atoms with Gasteiger partial charge in [-0.05, 0) is 45.0 Å². The van der Waals surface area contributed by atoms with Gasteiger partial charge in [0.2, 0.25) is 0 Å². The van der Waals surface area contributed by atoms with Gasteiger partial charge in [0.15, 0.2) is 0 Å². The fourth-order valence-corrected chi connectivity index (χ4v) is 5.95. The van der Waals surface area contributed by atoms with Crippen LogP contribution in [0.5, 0.6) is 0 Å². The number of fused-ring (bicyclic) bond motifs is 4. The molecule has 2 aliphatic rings. The molecule has 4 aromatic rings. The molecule has 0 bridgehead atoms. The van der Waals surface area contributed by atoms with E-state index in [1.165, 1.54) is 0 Å². The first-order valence-corrected chi connectivity index (χ1v) is 11.8. The minimum Gasteiger partial charge on any atom is -0.350 e. The van der Waals surface area contributed by atoms with Crippen molar-refractivity contribution < 1.29 is 9.59 Å². The number of halogens is 2. The van der Waals surface area contributed by atoms with E-state index in [-0.39, 0.29) is 36.6 Å². The Balaban J connectivity index is 0.00000152. The summed E-state index contributed by atoms with van der Waals surface area (Å²) in [6.45, 7) is 1.92. The Bertz CT molecular complexity index is 1530. The molecule has 2 aromatic heterocycles. The first-order valence-electron chi connectivity index (χ1n) is 11.8. The van der Waals surface area contributed by atoms with E-state index in [2.05, 4.69) is 41.0 Å². The largest absolute Gasteiger partial charge is 0.350 e. The van der Waals surface area contributed by atoms with Gasteiger partial charge in [-0.2, -0.15) is 0 Å². The van der Waals surface area contributed by atoms with E-state index in [1.54, 1.807) is 0 Å². The lowest BCUT2D eigenvalue weighted by atomic mass is 9.89. The second-order valence-electron chi connectivity index (χ2n) is 9.82. The Labute approximate surface area is 222 Å². The molecule has 0 spiro atoms. The van der Waals surface area contributed by atoms with Gasteiger partial charge >= 0.3 is 0 Å². The monoisotopic (exact) mass is 524 g/mol. The predicted molar refractivity (Wildman–Crippen MR) is 150 cm³/mol. The Morgan fingerprint density at radius 1 is 0.917 bits per heavy atom. The molecule has 8 heteroatoms. The molecule has 2 amide bonds. The summed E-state index contributed by atoms with van der Waals surface area (Å²) in [5.41, 5.74) is 6.05. The highest BCUT2D eigenvalue weighted by Crippen LogP contribution is 2.42. The third kappa shape index (κ3) is 3.94. The summed E-state index contributed by atoms with van der Waals surface area (Å²) < 4.78 is 4.38. The fourth-order valence-electron chi connectivity index (χ4n) is 5.95. The van der Waals surface area contributed by atoms with Gasteiger partial charge in [-0.15, -0.1) is 24.8 Å². The lowest BCUT2D eigenvalue weighted by Gasteiger charge is -2.28. The van der Waals surface area contributed by atoms with Crippen LogP contribution in [-0.4, -0.2) is 46.5 Å². The van der Waals surface area contributed by atoms with Crippen LogP contribution in [0.25, 0.3) is 33.0 Å². The second-order valence-corrected chi connectivity index (χ2v) is 9.82. The summed E-state index contributed by atoms with van der Waals surface area (Å²) in [5, 5.41) is 4.63. The van der Waals surface area contributed by atoms with Crippen molar-refractivity contribution in [1.82, 2.24) is 19.4 Å². The molecule has 188 valence electrons. The number of rotatable bonds is 4. The van der Waals surface area contributed by atoms with E-state index in [1.807, 2.05) is 54.2 Å². The van der Waals surface area contributed by atoms with Crippen LogP contribution in [0.4, 0.5) is 0 Å². The van der Waals surface area contributed by atoms with Crippen LogP contribution in [0, 0.1) is 5.92 Å². The van der Waals surface area contributed by atoms with Crippen LogP contribution in [0.3, 0.4) is 0 Å². The molecule has 6 rings (SSSR count). The molecule has 0 unspecified atom stereocenters. The molecule has 2 aromatic carbocycles. The first-order chi connectivity index (χ1) is 16.4. The summed E-state index contributed by atoms with van der Waals surface area (Å²) in [6, 6.07) is 16.3. The number of carbonyl (C=O) groups excluding carboxylic acids is 2. The standard InChI is InChI=1S/C28H28N4O2.2ClH/c1-30(2)15-17-12-13-32-22-11-7-5-9-19(22)24(23(32)14-17)26-25(27(33)29-28(26)34)20-16-31(3)21-10-6-4-8-18(20)21;;/h4-11,16-17H,12-15H2,1-3H3,(H,29,33,34);2*1H/t17-;;/m0../s1. The van der Waals surface area contributed by atoms with Crippen LogP contribution >= 0.6 is 24.8 Å². The molecule has 1 atom stereocenters. The van der Waals surface area contributed by atoms with Crippen molar-refractivity contribution >= 4 is 69.6 Å². The highest BCUT2D eigenvalue weighted by atomic mass is 35.5. The van der Waals surface area contributed by atoms with Gasteiger partial charge in [-0.3, -0.25) is 14.9 Å². The number of aromatic nitrogens is 2. The number of imide groups is 1. The Hall–Kier alpha value is -3.06. The van der Waals surface area contributed by atoms with Crippen molar-refractivity contribution in [2.24, 2.45) is 13.0 Å². The zero-order valence-corrected chi connectivity index (χ0v) is 22.2. The Morgan fingerprint density at radius 2 is 1.56 bits per heavy atom. The van der Waals surface area contributed by atoms with E-state index in [0.717, 1.165) is 64.6 Å². The van der Waals surface area contributed by atoms with Crippen molar-refractivity contribution in [2.45, 2.75) is 19.4 Å². The van der Waals surface area contributed by atoms with Crippen molar-refractivity contribution in [3.63, 3.8) is 0 Å². The molecule has 0 saturated heterocycles. The highest BCUT2D eigenvalue weighted by Gasteiger charge is 2.38. The number of para-hydroxylation sites is 2. The molecule has 0 saturated carbocycles. The summed E-state index contributed by atoms with van der Waals surface area (Å²) >= 11 is 0. The Kier molecular flexibility index (Phi) is 7.06. The number of hydrogen-bond acceptors (Lipinski definition) is 3. The topological polar surface area (TPSA) is 59.3 Å². The number of benzene rings is 2. The molecule has 0 fully saturated rings. The van der Waals surface area contributed by atoms with Crippen LogP contribution in [0.1, 0.15) is 23.2 Å². The van der Waals surface area contributed by atoms with Gasteiger partial charge in [0.25, 0.3) is 11.8 Å². The van der Waals surface area contributed by atoms with E-state index in [9.17, 15) is 9.59 Å². The average molecular weight is 525 g/mol.